The molecule has 2 rings (SSSR count). The van der Waals surface area contributed by atoms with Crippen molar-refractivity contribution in [3.8, 4) is 0 Å². The lowest BCUT2D eigenvalue weighted by Gasteiger charge is -2.15. The average Bonchev–Trinajstić information content (AvgIpc) is 2.54. The van der Waals surface area contributed by atoms with Gasteiger partial charge in [-0.3, -0.25) is 9.59 Å². The van der Waals surface area contributed by atoms with Crippen LogP contribution < -0.4 is 0 Å². The summed E-state index contributed by atoms with van der Waals surface area (Å²) in [6.45, 7) is 4.00. The summed E-state index contributed by atoms with van der Waals surface area (Å²) in [5.41, 5.74) is 0.695. The second-order valence-electron chi connectivity index (χ2n) is 3.16. The number of nitrogens with zero attached hydrogens (tertiary/aromatic N) is 1. The zero-order chi connectivity index (χ0) is 12.8. The van der Waals surface area contributed by atoms with E-state index >= 15 is 0 Å². The summed E-state index contributed by atoms with van der Waals surface area (Å²) >= 11 is 3.33. The van der Waals surface area contributed by atoms with Gasteiger partial charge in [-0.05, 0) is 12.2 Å². The third-order valence-corrected chi connectivity index (χ3v) is 2.66. The molecule has 0 unspecified atom stereocenters. The van der Waals surface area contributed by atoms with Crippen molar-refractivity contribution in [3.05, 3.63) is 46.6 Å². The molecule has 0 aromatic carbocycles. The maximum absolute atomic E-state index is 11.4. The van der Waals surface area contributed by atoms with Crippen molar-refractivity contribution in [2.75, 3.05) is 0 Å². The standard InChI is InChI=1S/C11H8BrNO2.C2H6/c12-8-2-1-3-9(5-4-8)13-10(14)6-7-11(13)15;1-2/h1-2,4-7H,3H2;1-2H3. The number of amides is 2. The van der Waals surface area contributed by atoms with Crippen molar-refractivity contribution in [1.29, 1.82) is 0 Å². The molecule has 1 heterocycles. The number of imide groups is 1. The topological polar surface area (TPSA) is 37.4 Å². The molecule has 0 N–H and O–H groups in total. The first-order chi connectivity index (χ1) is 8.18. The highest BCUT2D eigenvalue weighted by Gasteiger charge is 2.26. The maximum atomic E-state index is 11.4. The first-order valence-corrected chi connectivity index (χ1v) is 6.27. The van der Waals surface area contributed by atoms with E-state index in [0.717, 1.165) is 4.48 Å². The fourth-order valence-corrected chi connectivity index (χ4v) is 1.76. The van der Waals surface area contributed by atoms with E-state index in [4.69, 9.17) is 0 Å². The van der Waals surface area contributed by atoms with Crippen LogP contribution in [0.25, 0.3) is 0 Å². The average molecular weight is 296 g/mol. The molecule has 0 radical (unpaired) electrons. The molecule has 0 atom stereocenters. The summed E-state index contributed by atoms with van der Waals surface area (Å²) in [4.78, 5) is 24.0. The maximum Gasteiger partial charge on any atom is 0.257 e. The molecule has 3 nitrogen and oxygen atoms in total. The molecule has 0 saturated heterocycles. The highest BCUT2D eigenvalue weighted by atomic mass is 79.9. The van der Waals surface area contributed by atoms with Gasteiger partial charge in [0.2, 0.25) is 0 Å². The number of halogens is 1. The van der Waals surface area contributed by atoms with Crippen molar-refractivity contribution >= 4 is 27.7 Å². The zero-order valence-corrected chi connectivity index (χ0v) is 11.4. The van der Waals surface area contributed by atoms with E-state index in [9.17, 15) is 9.59 Å². The molecular weight excluding hydrogens is 282 g/mol. The van der Waals surface area contributed by atoms with Gasteiger partial charge < -0.3 is 0 Å². The first kappa shape index (κ1) is 13.6. The van der Waals surface area contributed by atoms with Gasteiger partial charge in [0.15, 0.2) is 0 Å². The van der Waals surface area contributed by atoms with Crippen LogP contribution in [0.15, 0.2) is 46.6 Å². The van der Waals surface area contributed by atoms with Crippen molar-refractivity contribution in [2.45, 2.75) is 20.3 Å². The van der Waals surface area contributed by atoms with Crippen LogP contribution >= 0.6 is 15.9 Å². The van der Waals surface area contributed by atoms with Crippen LogP contribution in [0.3, 0.4) is 0 Å². The van der Waals surface area contributed by atoms with E-state index < -0.39 is 0 Å². The molecule has 2 amide bonds. The van der Waals surface area contributed by atoms with Gasteiger partial charge in [-0.1, -0.05) is 41.9 Å². The van der Waals surface area contributed by atoms with Crippen LogP contribution in [0.5, 0.6) is 0 Å². The molecule has 2 aliphatic rings. The first-order valence-electron chi connectivity index (χ1n) is 5.47. The molecule has 17 heavy (non-hydrogen) atoms. The van der Waals surface area contributed by atoms with Gasteiger partial charge in [0.1, 0.15) is 0 Å². The number of hydrogen-bond donors (Lipinski definition) is 0. The van der Waals surface area contributed by atoms with Crippen LogP contribution in [0.1, 0.15) is 20.3 Å². The molecule has 0 bridgehead atoms. The van der Waals surface area contributed by atoms with Gasteiger partial charge in [0.05, 0.1) is 0 Å². The minimum absolute atomic E-state index is 0.272. The molecule has 0 aromatic rings. The van der Waals surface area contributed by atoms with Crippen LogP contribution in [-0.4, -0.2) is 16.7 Å². The number of rotatable bonds is 1. The molecule has 1 aliphatic heterocycles. The molecule has 90 valence electrons. The Morgan fingerprint density at radius 1 is 1.06 bits per heavy atom. The van der Waals surface area contributed by atoms with Crippen molar-refractivity contribution in [2.24, 2.45) is 0 Å². The number of carbonyl (C=O) groups is 2. The van der Waals surface area contributed by atoms with Crippen LogP contribution in [0.2, 0.25) is 0 Å². The summed E-state index contributed by atoms with van der Waals surface area (Å²) in [7, 11) is 0. The number of hydrogen-bond acceptors (Lipinski definition) is 2. The Bertz CT molecular complexity index is 426. The van der Waals surface area contributed by atoms with E-state index in [0.29, 0.717) is 12.1 Å². The highest BCUT2D eigenvalue weighted by Crippen LogP contribution is 2.21. The second-order valence-corrected chi connectivity index (χ2v) is 4.08. The predicted molar refractivity (Wildman–Crippen MR) is 71.2 cm³/mol. The second kappa shape index (κ2) is 6.35. The van der Waals surface area contributed by atoms with E-state index in [1.807, 2.05) is 32.1 Å². The summed E-state index contributed by atoms with van der Waals surface area (Å²) < 4.78 is 0.921. The summed E-state index contributed by atoms with van der Waals surface area (Å²) in [5.74, 6) is -0.544. The number of carbonyl (C=O) groups excluding carboxylic acids is 2. The van der Waals surface area contributed by atoms with Gasteiger partial charge in [0.25, 0.3) is 11.8 Å². The highest BCUT2D eigenvalue weighted by molar-refractivity contribution is 9.11. The fraction of sp³-hybridized carbons (Fsp3) is 0.231. The fourth-order valence-electron chi connectivity index (χ4n) is 1.44. The van der Waals surface area contributed by atoms with E-state index in [-0.39, 0.29) is 11.8 Å². The normalized spacial score (nSPS) is 18.4. The number of allylic oxidation sites excluding steroid dienone is 5. The third kappa shape index (κ3) is 3.27. The molecule has 1 aliphatic carbocycles. The summed E-state index contributed by atoms with van der Waals surface area (Å²) in [5, 5.41) is 0. The van der Waals surface area contributed by atoms with Crippen molar-refractivity contribution in [3.63, 3.8) is 0 Å². The molecule has 4 heteroatoms. The minimum Gasteiger partial charge on any atom is -0.269 e. The lowest BCUT2D eigenvalue weighted by molar-refractivity contribution is -0.134. The molecule has 0 spiro atoms. The Hall–Kier alpha value is -1.42. The minimum atomic E-state index is -0.272. The molecule has 0 fully saturated rings. The Balaban J connectivity index is 0.000000686. The predicted octanol–water partition coefficient (Wildman–Crippen LogP) is 3.06. The third-order valence-electron chi connectivity index (χ3n) is 2.14. The van der Waals surface area contributed by atoms with E-state index in [1.165, 1.54) is 17.1 Å². The Morgan fingerprint density at radius 3 is 2.24 bits per heavy atom. The van der Waals surface area contributed by atoms with Gasteiger partial charge in [-0.2, -0.15) is 0 Å². The largest absolute Gasteiger partial charge is 0.269 e. The summed E-state index contributed by atoms with van der Waals surface area (Å²) in [6.07, 6.45) is 10.5. The van der Waals surface area contributed by atoms with E-state index in [2.05, 4.69) is 15.9 Å². The monoisotopic (exact) mass is 295 g/mol. The Kier molecular flexibility index (Phi) is 5.10. The molecule has 0 aromatic heterocycles. The Labute approximate surface area is 109 Å². The van der Waals surface area contributed by atoms with Crippen molar-refractivity contribution < 1.29 is 9.59 Å². The van der Waals surface area contributed by atoms with Gasteiger partial charge in [-0.25, -0.2) is 4.90 Å². The van der Waals surface area contributed by atoms with E-state index in [1.54, 1.807) is 6.08 Å². The Morgan fingerprint density at radius 2 is 1.65 bits per heavy atom. The molecule has 0 saturated carbocycles. The van der Waals surface area contributed by atoms with Crippen LogP contribution in [0.4, 0.5) is 0 Å². The lowest BCUT2D eigenvalue weighted by atomic mass is 10.2. The quantitative estimate of drug-likeness (QED) is 0.697. The van der Waals surface area contributed by atoms with Gasteiger partial charge >= 0.3 is 0 Å². The smallest absolute Gasteiger partial charge is 0.257 e. The van der Waals surface area contributed by atoms with Gasteiger partial charge in [0, 0.05) is 28.8 Å². The van der Waals surface area contributed by atoms with Crippen LogP contribution in [-0.2, 0) is 9.59 Å². The van der Waals surface area contributed by atoms with Crippen LogP contribution in [0, 0.1) is 0 Å². The summed E-state index contributed by atoms with van der Waals surface area (Å²) in [6, 6.07) is 0. The van der Waals surface area contributed by atoms with Crippen molar-refractivity contribution in [1.82, 2.24) is 4.90 Å². The zero-order valence-electron chi connectivity index (χ0n) is 9.81. The molecular formula is C13H14BrNO2. The SMILES string of the molecule is CC.O=C1C=CC(=O)N1C1=CC=C(Br)C=CC1. The lowest BCUT2D eigenvalue weighted by Crippen LogP contribution is -2.28. The van der Waals surface area contributed by atoms with Gasteiger partial charge in [-0.15, -0.1) is 0 Å².